The highest BCUT2D eigenvalue weighted by molar-refractivity contribution is 6.67. The molecule has 1 aliphatic heterocycles. The summed E-state index contributed by atoms with van der Waals surface area (Å²) in [5.41, 5.74) is 5.24. The van der Waals surface area contributed by atoms with Gasteiger partial charge in [-0.05, 0) is 71.8 Å². The first-order valence-electron chi connectivity index (χ1n) is 11.0. The Morgan fingerprint density at radius 2 is 1.58 bits per heavy atom. The Balaban J connectivity index is 1.48. The molecule has 3 aromatic rings. The molecular formula is C26H25ClN2O2. The summed E-state index contributed by atoms with van der Waals surface area (Å²) >= 11 is 5.80. The Bertz CT molecular complexity index is 1130. The van der Waals surface area contributed by atoms with Crippen LogP contribution in [-0.4, -0.2) is 15.7 Å². The van der Waals surface area contributed by atoms with Crippen molar-refractivity contribution in [1.82, 2.24) is 4.57 Å². The molecule has 2 aromatic carbocycles. The first-order chi connectivity index (χ1) is 15.1. The Morgan fingerprint density at radius 1 is 0.839 bits per heavy atom. The van der Waals surface area contributed by atoms with Gasteiger partial charge in [-0.25, -0.2) is 0 Å². The number of rotatable bonds is 3. The second kappa shape index (κ2) is 8.35. The number of hydrogen-bond donors (Lipinski definition) is 0. The number of para-hydroxylation sites is 1. The summed E-state index contributed by atoms with van der Waals surface area (Å²) < 4.78 is 1.91. The van der Waals surface area contributed by atoms with E-state index in [0.717, 1.165) is 16.9 Å². The monoisotopic (exact) mass is 432 g/mol. The maximum atomic E-state index is 13.6. The van der Waals surface area contributed by atoms with Crippen LogP contribution in [-0.2, 0) is 13.1 Å². The van der Waals surface area contributed by atoms with Crippen LogP contribution >= 0.6 is 11.6 Å². The predicted molar refractivity (Wildman–Crippen MR) is 123 cm³/mol. The van der Waals surface area contributed by atoms with E-state index in [4.69, 9.17) is 11.6 Å². The number of benzene rings is 2. The minimum absolute atomic E-state index is 0.0314. The zero-order chi connectivity index (χ0) is 21.4. The number of halogens is 1. The van der Waals surface area contributed by atoms with Crippen LogP contribution < -0.4 is 4.90 Å². The van der Waals surface area contributed by atoms with Crippen molar-refractivity contribution >= 4 is 28.4 Å². The molecule has 0 radical (unpaired) electrons. The SMILES string of the molecule is O=C(Cl)c1ccc2n1Cc1ccccc1N(C(=O)c1ccc(C3CCCCC3)cc1)C2. The molecule has 2 heterocycles. The first-order valence-corrected chi connectivity index (χ1v) is 11.4. The van der Waals surface area contributed by atoms with E-state index in [9.17, 15) is 9.59 Å². The van der Waals surface area contributed by atoms with Gasteiger partial charge in [0.1, 0.15) is 5.69 Å². The molecule has 4 nitrogen and oxygen atoms in total. The van der Waals surface area contributed by atoms with Crippen molar-refractivity contribution < 1.29 is 9.59 Å². The molecule has 0 N–H and O–H groups in total. The maximum Gasteiger partial charge on any atom is 0.268 e. The van der Waals surface area contributed by atoms with Gasteiger partial charge in [0.15, 0.2) is 0 Å². The molecule has 31 heavy (non-hydrogen) atoms. The van der Waals surface area contributed by atoms with Gasteiger partial charge in [-0.2, -0.15) is 0 Å². The highest BCUT2D eigenvalue weighted by Crippen LogP contribution is 2.34. The lowest BCUT2D eigenvalue weighted by molar-refractivity contribution is 0.0984. The summed E-state index contributed by atoms with van der Waals surface area (Å²) in [6.45, 7) is 0.904. The molecule has 1 aliphatic carbocycles. The minimum Gasteiger partial charge on any atom is -0.335 e. The number of aromatic nitrogens is 1. The highest BCUT2D eigenvalue weighted by Gasteiger charge is 2.27. The fraction of sp³-hybridized carbons (Fsp3) is 0.308. The molecule has 1 fully saturated rings. The van der Waals surface area contributed by atoms with E-state index in [1.807, 2.05) is 51.9 Å². The number of anilines is 1. The van der Waals surface area contributed by atoms with Gasteiger partial charge < -0.3 is 9.47 Å². The summed E-state index contributed by atoms with van der Waals surface area (Å²) in [6.07, 6.45) is 6.40. The number of hydrogen-bond acceptors (Lipinski definition) is 2. The first kappa shape index (κ1) is 20.1. The lowest BCUT2D eigenvalue weighted by Crippen LogP contribution is -2.30. The zero-order valence-electron chi connectivity index (χ0n) is 17.4. The van der Waals surface area contributed by atoms with Crippen molar-refractivity contribution in [3.63, 3.8) is 0 Å². The van der Waals surface area contributed by atoms with Crippen LogP contribution in [0.4, 0.5) is 5.69 Å². The molecule has 0 spiro atoms. The fourth-order valence-corrected chi connectivity index (χ4v) is 5.17. The second-order valence-electron chi connectivity index (χ2n) is 8.55. The minimum atomic E-state index is -0.484. The summed E-state index contributed by atoms with van der Waals surface area (Å²) in [7, 11) is 0. The van der Waals surface area contributed by atoms with E-state index >= 15 is 0 Å². The van der Waals surface area contributed by atoms with Crippen molar-refractivity contribution in [2.24, 2.45) is 0 Å². The Hall–Kier alpha value is -2.85. The second-order valence-corrected chi connectivity index (χ2v) is 8.89. The van der Waals surface area contributed by atoms with Gasteiger partial charge >= 0.3 is 0 Å². The molecule has 158 valence electrons. The van der Waals surface area contributed by atoms with Crippen molar-refractivity contribution in [2.45, 2.75) is 51.1 Å². The zero-order valence-corrected chi connectivity index (χ0v) is 18.1. The fourth-order valence-electron chi connectivity index (χ4n) is 5.00. The lowest BCUT2D eigenvalue weighted by atomic mass is 9.84. The van der Waals surface area contributed by atoms with Crippen LogP contribution in [0.1, 0.15) is 75.7 Å². The van der Waals surface area contributed by atoms with Gasteiger partial charge in [0, 0.05) is 16.9 Å². The summed E-state index contributed by atoms with van der Waals surface area (Å²) in [4.78, 5) is 27.3. The molecule has 0 unspecified atom stereocenters. The van der Waals surface area contributed by atoms with Gasteiger partial charge in [0.25, 0.3) is 11.1 Å². The van der Waals surface area contributed by atoms with Crippen molar-refractivity contribution in [2.75, 3.05) is 4.90 Å². The average molecular weight is 433 g/mol. The van der Waals surface area contributed by atoms with Gasteiger partial charge in [-0.1, -0.05) is 49.6 Å². The number of carbonyl (C=O) groups excluding carboxylic acids is 2. The largest absolute Gasteiger partial charge is 0.335 e. The third-order valence-corrected chi connectivity index (χ3v) is 6.88. The predicted octanol–water partition coefficient (Wildman–Crippen LogP) is 6.12. The quantitative estimate of drug-likeness (QED) is 0.467. The molecule has 0 atom stereocenters. The molecule has 1 saturated carbocycles. The number of fused-ring (bicyclic) bond motifs is 2. The Kier molecular flexibility index (Phi) is 5.41. The van der Waals surface area contributed by atoms with Gasteiger partial charge in [-0.15, -0.1) is 0 Å². The molecular weight excluding hydrogens is 408 g/mol. The van der Waals surface area contributed by atoms with Crippen molar-refractivity contribution in [3.8, 4) is 0 Å². The topological polar surface area (TPSA) is 42.3 Å². The van der Waals surface area contributed by atoms with Crippen LogP contribution in [0.5, 0.6) is 0 Å². The van der Waals surface area contributed by atoms with Crippen molar-refractivity contribution in [1.29, 1.82) is 0 Å². The van der Waals surface area contributed by atoms with Gasteiger partial charge in [0.2, 0.25) is 0 Å². The van der Waals surface area contributed by atoms with E-state index < -0.39 is 5.24 Å². The summed E-state index contributed by atoms with van der Waals surface area (Å²) in [5.74, 6) is 0.586. The molecule has 5 heteroatoms. The van der Waals surface area contributed by atoms with Gasteiger partial charge in [-0.3, -0.25) is 9.59 Å². The van der Waals surface area contributed by atoms with Gasteiger partial charge in [0.05, 0.1) is 13.1 Å². The van der Waals surface area contributed by atoms with Crippen LogP contribution in [0.2, 0.25) is 0 Å². The standard InChI is InChI=1S/C26H25ClN2O2/c27-25(30)24-15-14-22-17-29(23-9-5-4-8-21(23)16-28(22)24)26(31)20-12-10-19(11-13-20)18-6-2-1-3-7-18/h4-5,8-15,18H,1-3,6-7,16-17H2. The number of nitrogens with zero attached hydrogens (tertiary/aromatic N) is 2. The number of amides is 1. The molecule has 5 rings (SSSR count). The van der Waals surface area contributed by atoms with E-state index in [-0.39, 0.29) is 5.91 Å². The highest BCUT2D eigenvalue weighted by atomic mass is 35.5. The van der Waals surface area contributed by atoms with E-state index in [0.29, 0.717) is 30.3 Å². The van der Waals surface area contributed by atoms with Crippen LogP contribution in [0.15, 0.2) is 60.7 Å². The van der Waals surface area contributed by atoms with E-state index in [2.05, 4.69) is 12.1 Å². The molecule has 0 bridgehead atoms. The van der Waals surface area contributed by atoms with Crippen LogP contribution in [0.3, 0.4) is 0 Å². The average Bonchev–Trinajstić information content (AvgIpc) is 3.13. The third kappa shape index (κ3) is 3.81. The number of carbonyl (C=O) groups is 2. The lowest BCUT2D eigenvalue weighted by Gasteiger charge is -2.24. The Labute approximate surface area is 187 Å². The smallest absolute Gasteiger partial charge is 0.268 e. The van der Waals surface area contributed by atoms with Crippen LogP contribution in [0, 0.1) is 0 Å². The maximum absolute atomic E-state index is 13.6. The Morgan fingerprint density at radius 3 is 2.32 bits per heavy atom. The summed E-state index contributed by atoms with van der Waals surface area (Å²) in [6, 6.07) is 19.7. The van der Waals surface area contributed by atoms with E-state index in [1.54, 1.807) is 6.07 Å². The van der Waals surface area contributed by atoms with Crippen molar-refractivity contribution in [3.05, 3.63) is 88.7 Å². The normalized spacial score (nSPS) is 16.4. The molecule has 1 amide bonds. The van der Waals surface area contributed by atoms with E-state index in [1.165, 1.54) is 37.7 Å². The molecule has 0 saturated heterocycles. The molecule has 2 aliphatic rings. The summed E-state index contributed by atoms with van der Waals surface area (Å²) in [5, 5.41) is -0.484. The third-order valence-electron chi connectivity index (χ3n) is 6.68. The molecule has 1 aromatic heterocycles. The van der Waals surface area contributed by atoms with Crippen LogP contribution in [0.25, 0.3) is 0 Å².